The van der Waals surface area contributed by atoms with E-state index in [2.05, 4.69) is 0 Å². The first-order valence-electron chi connectivity index (χ1n) is 6.50. The number of hydrogen-bond donors (Lipinski definition) is 1. The van der Waals surface area contributed by atoms with Gasteiger partial charge in [0.05, 0.1) is 6.10 Å². The third kappa shape index (κ3) is 3.82. The van der Waals surface area contributed by atoms with E-state index < -0.39 is 16.1 Å². The highest BCUT2D eigenvalue weighted by Crippen LogP contribution is 2.20. The fraction of sp³-hybridized carbons (Fsp3) is 0.429. The Morgan fingerprint density at radius 3 is 2.60 bits per heavy atom. The summed E-state index contributed by atoms with van der Waals surface area (Å²) in [6.07, 6.45) is 1.62. The molecule has 6 heteroatoms. The number of rotatable bonds is 3. The van der Waals surface area contributed by atoms with Crippen LogP contribution in [0.4, 0.5) is 0 Å². The highest BCUT2D eigenvalue weighted by atomic mass is 35.5. The second-order valence-corrected chi connectivity index (χ2v) is 7.35. The molecule has 0 bridgehead atoms. The van der Waals surface area contributed by atoms with E-state index >= 15 is 0 Å². The molecular weight excluding hydrogens is 298 g/mol. The van der Waals surface area contributed by atoms with E-state index in [-0.39, 0.29) is 5.92 Å². The molecule has 4 nitrogen and oxygen atoms in total. The number of halogens is 1. The fourth-order valence-corrected chi connectivity index (χ4v) is 3.58. The summed E-state index contributed by atoms with van der Waals surface area (Å²) in [4.78, 5) is 0. The minimum atomic E-state index is -3.44. The molecule has 2 unspecified atom stereocenters. The van der Waals surface area contributed by atoms with Gasteiger partial charge in [-0.05, 0) is 36.1 Å². The lowest BCUT2D eigenvalue weighted by Crippen LogP contribution is -2.44. The second kappa shape index (κ2) is 6.26. The Bertz CT molecular complexity index is 583. The van der Waals surface area contributed by atoms with E-state index in [1.54, 1.807) is 30.3 Å². The summed E-state index contributed by atoms with van der Waals surface area (Å²) in [5.74, 6) is -0.0394. The van der Waals surface area contributed by atoms with Crippen molar-refractivity contribution < 1.29 is 13.5 Å². The molecule has 0 radical (unpaired) electrons. The topological polar surface area (TPSA) is 57.6 Å². The molecule has 1 aromatic carbocycles. The Morgan fingerprint density at radius 2 is 2.00 bits per heavy atom. The van der Waals surface area contributed by atoms with Crippen molar-refractivity contribution in [2.24, 2.45) is 5.92 Å². The zero-order chi connectivity index (χ0) is 14.8. The summed E-state index contributed by atoms with van der Waals surface area (Å²) in [6, 6.07) is 6.95. The van der Waals surface area contributed by atoms with Gasteiger partial charge < -0.3 is 5.11 Å². The number of benzene rings is 1. The third-order valence-electron chi connectivity index (χ3n) is 3.49. The summed E-state index contributed by atoms with van der Waals surface area (Å²) in [5, 5.41) is 11.5. The maximum Gasteiger partial charge on any atom is 0.236 e. The normalized spacial score (nSPS) is 25.1. The quantitative estimate of drug-likeness (QED) is 0.931. The van der Waals surface area contributed by atoms with Crippen LogP contribution in [0.25, 0.3) is 6.08 Å². The standard InChI is InChI=1S/C14H18ClNO3S/c1-11-10-16(8-6-14(11)17)20(18,19)9-7-12-2-4-13(15)5-3-12/h2-5,7,9,11,14,17H,6,8,10H2,1H3/b9-7+. The Balaban J connectivity index is 2.09. The van der Waals surface area contributed by atoms with Crippen LogP contribution in [0.1, 0.15) is 18.9 Å². The number of sulfonamides is 1. The number of aliphatic hydroxyl groups excluding tert-OH is 1. The minimum absolute atomic E-state index is 0.0394. The predicted octanol–water partition coefficient (Wildman–Crippen LogP) is 2.34. The van der Waals surface area contributed by atoms with Gasteiger partial charge in [0, 0.05) is 23.5 Å². The van der Waals surface area contributed by atoms with E-state index in [0.717, 1.165) is 5.56 Å². The molecule has 110 valence electrons. The number of piperidine rings is 1. The second-order valence-electron chi connectivity index (χ2n) is 5.09. The molecule has 1 aliphatic heterocycles. The van der Waals surface area contributed by atoms with Crippen molar-refractivity contribution in [3.8, 4) is 0 Å². The molecule has 1 aliphatic rings. The van der Waals surface area contributed by atoms with Gasteiger partial charge in [0.1, 0.15) is 0 Å². The van der Waals surface area contributed by atoms with Gasteiger partial charge in [-0.15, -0.1) is 0 Å². The molecule has 0 aliphatic carbocycles. The van der Waals surface area contributed by atoms with Crippen LogP contribution in [-0.4, -0.2) is 37.0 Å². The molecule has 1 saturated heterocycles. The van der Waals surface area contributed by atoms with Crippen LogP contribution in [0, 0.1) is 5.92 Å². The first kappa shape index (κ1) is 15.5. The van der Waals surface area contributed by atoms with Crippen LogP contribution < -0.4 is 0 Å². The lowest BCUT2D eigenvalue weighted by Gasteiger charge is -2.32. The van der Waals surface area contributed by atoms with Crippen LogP contribution in [0.15, 0.2) is 29.7 Å². The molecule has 1 fully saturated rings. The van der Waals surface area contributed by atoms with Gasteiger partial charge in [0.15, 0.2) is 0 Å². The van der Waals surface area contributed by atoms with Gasteiger partial charge in [-0.25, -0.2) is 8.42 Å². The lowest BCUT2D eigenvalue weighted by atomic mass is 9.99. The Labute approximate surface area is 124 Å². The molecule has 0 spiro atoms. The number of hydrogen-bond acceptors (Lipinski definition) is 3. The monoisotopic (exact) mass is 315 g/mol. The van der Waals surface area contributed by atoms with Crippen molar-refractivity contribution in [2.75, 3.05) is 13.1 Å². The smallest absolute Gasteiger partial charge is 0.236 e. The van der Waals surface area contributed by atoms with Crippen molar-refractivity contribution in [1.29, 1.82) is 0 Å². The van der Waals surface area contributed by atoms with Gasteiger partial charge in [-0.1, -0.05) is 30.7 Å². The summed E-state index contributed by atoms with van der Waals surface area (Å²) < 4.78 is 25.8. The summed E-state index contributed by atoms with van der Waals surface area (Å²) in [5.41, 5.74) is 0.781. The summed E-state index contributed by atoms with van der Waals surface area (Å²) in [7, 11) is -3.44. The van der Waals surface area contributed by atoms with Crippen LogP contribution >= 0.6 is 11.6 Å². The average molecular weight is 316 g/mol. The van der Waals surface area contributed by atoms with Gasteiger partial charge in [0.2, 0.25) is 10.0 Å². The van der Waals surface area contributed by atoms with Crippen LogP contribution in [-0.2, 0) is 10.0 Å². The van der Waals surface area contributed by atoms with Crippen molar-refractivity contribution in [1.82, 2.24) is 4.31 Å². The van der Waals surface area contributed by atoms with E-state index in [9.17, 15) is 13.5 Å². The van der Waals surface area contributed by atoms with Gasteiger partial charge >= 0.3 is 0 Å². The zero-order valence-electron chi connectivity index (χ0n) is 11.2. The van der Waals surface area contributed by atoms with Crippen molar-refractivity contribution in [2.45, 2.75) is 19.4 Å². The van der Waals surface area contributed by atoms with Crippen molar-refractivity contribution in [3.63, 3.8) is 0 Å². The molecule has 2 atom stereocenters. The van der Waals surface area contributed by atoms with E-state index in [1.807, 2.05) is 6.92 Å². The summed E-state index contributed by atoms with van der Waals surface area (Å²) in [6.45, 7) is 2.57. The highest BCUT2D eigenvalue weighted by Gasteiger charge is 2.30. The molecule has 20 heavy (non-hydrogen) atoms. The van der Waals surface area contributed by atoms with Crippen molar-refractivity contribution >= 4 is 27.7 Å². The molecule has 1 N–H and O–H groups in total. The first-order valence-corrected chi connectivity index (χ1v) is 8.38. The molecule has 0 aromatic heterocycles. The molecular formula is C14H18ClNO3S. The van der Waals surface area contributed by atoms with E-state index in [4.69, 9.17) is 11.6 Å². The van der Waals surface area contributed by atoms with Crippen molar-refractivity contribution in [3.05, 3.63) is 40.3 Å². The van der Waals surface area contributed by atoms with Gasteiger partial charge in [-0.3, -0.25) is 0 Å². The van der Waals surface area contributed by atoms with E-state index in [0.29, 0.717) is 24.5 Å². The maximum atomic E-state index is 12.2. The van der Waals surface area contributed by atoms with E-state index in [1.165, 1.54) is 9.71 Å². The Hall–Kier alpha value is -0.880. The predicted molar refractivity (Wildman–Crippen MR) is 80.8 cm³/mol. The average Bonchev–Trinajstić information content (AvgIpc) is 2.41. The van der Waals surface area contributed by atoms with Crippen LogP contribution in [0.5, 0.6) is 0 Å². The highest BCUT2D eigenvalue weighted by molar-refractivity contribution is 7.92. The maximum absolute atomic E-state index is 12.2. The largest absolute Gasteiger partial charge is 0.393 e. The fourth-order valence-electron chi connectivity index (χ4n) is 2.15. The Morgan fingerprint density at radius 1 is 1.35 bits per heavy atom. The minimum Gasteiger partial charge on any atom is -0.393 e. The SMILES string of the molecule is CC1CN(S(=O)(=O)/C=C/c2ccc(Cl)cc2)CCC1O. The number of nitrogens with zero attached hydrogens (tertiary/aromatic N) is 1. The Kier molecular flexibility index (Phi) is 4.86. The van der Waals surface area contributed by atoms with Crippen LogP contribution in [0.2, 0.25) is 5.02 Å². The summed E-state index contributed by atoms with van der Waals surface area (Å²) >= 11 is 5.78. The molecule has 1 heterocycles. The van der Waals surface area contributed by atoms with Gasteiger partial charge in [-0.2, -0.15) is 4.31 Å². The molecule has 0 amide bonds. The molecule has 2 rings (SSSR count). The molecule has 0 saturated carbocycles. The number of aliphatic hydroxyl groups is 1. The van der Waals surface area contributed by atoms with Gasteiger partial charge in [0.25, 0.3) is 0 Å². The van der Waals surface area contributed by atoms with Crippen LogP contribution in [0.3, 0.4) is 0 Å². The zero-order valence-corrected chi connectivity index (χ0v) is 12.8. The third-order valence-corrected chi connectivity index (χ3v) is 5.27. The lowest BCUT2D eigenvalue weighted by molar-refractivity contribution is 0.0632. The molecule has 1 aromatic rings. The first-order chi connectivity index (χ1) is 9.38.